The zero-order chi connectivity index (χ0) is 21.5. The first-order chi connectivity index (χ1) is 14.5. The van der Waals surface area contributed by atoms with Crippen LogP contribution in [0, 0.1) is 0 Å². The van der Waals surface area contributed by atoms with Crippen molar-refractivity contribution in [1.82, 2.24) is 15.8 Å². The molecule has 2 aromatic carbocycles. The van der Waals surface area contributed by atoms with Gasteiger partial charge in [-0.2, -0.15) is 5.01 Å². The predicted molar refractivity (Wildman–Crippen MR) is 108 cm³/mol. The highest BCUT2D eigenvalue weighted by Crippen LogP contribution is 2.20. The fraction of sp³-hybridized carbons (Fsp3) is 0.273. The lowest BCUT2D eigenvalue weighted by atomic mass is 10.1. The molecule has 30 heavy (non-hydrogen) atoms. The van der Waals surface area contributed by atoms with Crippen molar-refractivity contribution in [2.75, 3.05) is 0 Å². The number of rotatable bonds is 8. The van der Waals surface area contributed by atoms with Crippen LogP contribution in [0.4, 0.5) is 4.79 Å². The zero-order valence-electron chi connectivity index (χ0n) is 16.6. The molecule has 0 saturated heterocycles. The Kier molecular flexibility index (Phi) is 6.79. The number of alkyl carbamates (subject to hydrolysis) is 1. The van der Waals surface area contributed by atoms with Gasteiger partial charge in [0, 0.05) is 0 Å². The van der Waals surface area contributed by atoms with E-state index in [1.165, 1.54) is 12.1 Å². The van der Waals surface area contributed by atoms with Crippen LogP contribution in [0.1, 0.15) is 52.5 Å². The summed E-state index contributed by atoms with van der Waals surface area (Å²) in [5, 5.41) is 3.21. The lowest BCUT2D eigenvalue weighted by Crippen LogP contribution is -2.54. The summed E-state index contributed by atoms with van der Waals surface area (Å²) < 4.78 is 5.17. The number of fused-ring (bicyclic) bond motifs is 1. The van der Waals surface area contributed by atoms with Gasteiger partial charge in [0.15, 0.2) is 0 Å². The maximum absolute atomic E-state index is 12.7. The van der Waals surface area contributed by atoms with Gasteiger partial charge in [0.25, 0.3) is 17.7 Å². The Bertz CT molecular complexity index is 910. The Hall–Kier alpha value is -3.68. The third-order valence-electron chi connectivity index (χ3n) is 4.68. The summed E-state index contributed by atoms with van der Waals surface area (Å²) in [6.45, 7) is 2.01. The Morgan fingerprint density at radius 2 is 1.57 bits per heavy atom. The van der Waals surface area contributed by atoms with E-state index in [-0.39, 0.29) is 17.7 Å². The minimum absolute atomic E-state index is 0.0627. The summed E-state index contributed by atoms with van der Waals surface area (Å²) in [6, 6.07) is 14.5. The van der Waals surface area contributed by atoms with Gasteiger partial charge in [0.2, 0.25) is 0 Å². The number of amides is 4. The summed E-state index contributed by atoms with van der Waals surface area (Å²) in [5.74, 6) is -1.87. The normalized spacial score (nSPS) is 13.6. The second kappa shape index (κ2) is 9.69. The van der Waals surface area contributed by atoms with E-state index in [0.29, 0.717) is 17.9 Å². The van der Waals surface area contributed by atoms with Gasteiger partial charge in [0.05, 0.1) is 11.1 Å². The lowest BCUT2D eigenvalue weighted by Gasteiger charge is -2.21. The smallest absolute Gasteiger partial charge is 0.408 e. The number of ether oxygens (including phenoxy) is 1. The monoisotopic (exact) mass is 409 g/mol. The molecule has 8 heteroatoms. The van der Waals surface area contributed by atoms with Crippen molar-refractivity contribution in [1.29, 1.82) is 0 Å². The van der Waals surface area contributed by atoms with E-state index in [0.717, 1.165) is 12.0 Å². The number of hydrazine groups is 1. The number of nitrogens with one attached hydrogen (secondary N) is 2. The third kappa shape index (κ3) is 4.83. The molecular formula is C22H23N3O5. The summed E-state index contributed by atoms with van der Waals surface area (Å²) >= 11 is 0. The highest BCUT2D eigenvalue weighted by molar-refractivity contribution is 6.21. The molecular weight excluding hydrogens is 386 g/mol. The molecule has 0 radical (unpaired) electrons. The van der Waals surface area contributed by atoms with E-state index in [1.807, 2.05) is 37.3 Å². The summed E-state index contributed by atoms with van der Waals surface area (Å²) in [4.78, 5) is 49.8. The number of unbranched alkanes of at least 4 members (excludes halogenated alkanes) is 1. The Labute approximate surface area is 174 Å². The molecule has 0 aromatic heterocycles. The molecule has 0 fully saturated rings. The lowest BCUT2D eigenvalue weighted by molar-refractivity contribution is -0.126. The molecule has 4 amide bonds. The van der Waals surface area contributed by atoms with Crippen LogP contribution in [-0.4, -0.2) is 34.9 Å². The van der Waals surface area contributed by atoms with Crippen LogP contribution in [0.5, 0.6) is 0 Å². The first-order valence-electron chi connectivity index (χ1n) is 9.76. The molecule has 1 aliphatic rings. The van der Waals surface area contributed by atoms with E-state index >= 15 is 0 Å². The molecule has 0 bridgehead atoms. The summed E-state index contributed by atoms with van der Waals surface area (Å²) in [7, 11) is 0. The molecule has 1 aliphatic heterocycles. The number of carbonyl (C=O) groups excluding carboxylic acids is 4. The molecule has 2 N–H and O–H groups in total. The fourth-order valence-electron chi connectivity index (χ4n) is 3.06. The van der Waals surface area contributed by atoms with Gasteiger partial charge in [-0.25, -0.2) is 4.79 Å². The van der Waals surface area contributed by atoms with E-state index < -0.39 is 29.9 Å². The molecule has 0 saturated carbocycles. The molecule has 1 atom stereocenters. The highest BCUT2D eigenvalue weighted by Gasteiger charge is 2.37. The van der Waals surface area contributed by atoms with Crippen LogP contribution in [0.3, 0.4) is 0 Å². The van der Waals surface area contributed by atoms with Crippen molar-refractivity contribution in [3.8, 4) is 0 Å². The first kappa shape index (κ1) is 21.0. The molecule has 3 rings (SSSR count). The minimum Gasteiger partial charge on any atom is -0.445 e. The topological polar surface area (TPSA) is 105 Å². The van der Waals surface area contributed by atoms with Crippen LogP contribution in [0.2, 0.25) is 0 Å². The van der Waals surface area contributed by atoms with Crippen LogP contribution in [0.25, 0.3) is 0 Å². The average Bonchev–Trinajstić information content (AvgIpc) is 3.01. The summed E-state index contributed by atoms with van der Waals surface area (Å²) in [6.07, 6.45) is 1.06. The fourth-order valence-corrected chi connectivity index (χ4v) is 3.06. The standard InChI is InChI=1S/C22H23N3O5/c1-2-3-13-18(23-22(29)30-14-15-9-5-4-6-10-15)19(26)24-25-20(27)16-11-7-8-12-17(16)21(25)28/h4-12,18H,2-3,13-14H2,1H3,(H,23,29)(H,24,26)/t18-/m0/s1. The maximum atomic E-state index is 12.7. The molecule has 8 nitrogen and oxygen atoms in total. The molecule has 0 aliphatic carbocycles. The quantitative estimate of drug-likeness (QED) is 0.653. The van der Waals surface area contributed by atoms with Crippen molar-refractivity contribution in [2.45, 2.75) is 38.8 Å². The third-order valence-corrected chi connectivity index (χ3v) is 4.68. The van der Waals surface area contributed by atoms with Crippen molar-refractivity contribution in [3.63, 3.8) is 0 Å². The molecule has 2 aromatic rings. The maximum Gasteiger partial charge on any atom is 0.408 e. The van der Waals surface area contributed by atoms with Crippen LogP contribution in [0.15, 0.2) is 54.6 Å². The number of carbonyl (C=O) groups is 4. The van der Waals surface area contributed by atoms with Gasteiger partial charge < -0.3 is 10.1 Å². The zero-order valence-corrected chi connectivity index (χ0v) is 16.6. The van der Waals surface area contributed by atoms with E-state index in [4.69, 9.17) is 4.74 Å². The minimum atomic E-state index is -0.947. The first-order valence-corrected chi connectivity index (χ1v) is 9.76. The predicted octanol–water partition coefficient (Wildman–Crippen LogP) is 2.80. The number of imide groups is 1. The average molecular weight is 409 g/mol. The Morgan fingerprint density at radius 3 is 2.17 bits per heavy atom. The Balaban J connectivity index is 1.62. The SMILES string of the molecule is CCCC[C@H](NC(=O)OCc1ccccc1)C(=O)NN1C(=O)c2ccccc2C1=O. The van der Waals surface area contributed by atoms with Gasteiger partial charge in [-0.05, 0) is 24.1 Å². The van der Waals surface area contributed by atoms with Gasteiger partial charge in [-0.1, -0.05) is 62.2 Å². The Morgan fingerprint density at radius 1 is 0.967 bits per heavy atom. The number of nitrogens with zero attached hydrogens (tertiary/aromatic N) is 1. The van der Waals surface area contributed by atoms with Crippen molar-refractivity contribution in [3.05, 3.63) is 71.3 Å². The van der Waals surface area contributed by atoms with Gasteiger partial charge in [-0.3, -0.25) is 19.8 Å². The second-order valence-corrected chi connectivity index (χ2v) is 6.87. The van der Waals surface area contributed by atoms with Crippen LogP contribution < -0.4 is 10.7 Å². The van der Waals surface area contributed by atoms with Gasteiger partial charge in [-0.15, -0.1) is 0 Å². The second-order valence-electron chi connectivity index (χ2n) is 6.87. The van der Waals surface area contributed by atoms with E-state index in [2.05, 4.69) is 10.7 Å². The van der Waals surface area contributed by atoms with Crippen LogP contribution in [-0.2, 0) is 16.1 Å². The van der Waals surface area contributed by atoms with Crippen LogP contribution >= 0.6 is 0 Å². The number of hydrogen-bond acceptors (Lipinski definition) is 5. The molecule has 1 heterocycles. The van der Waals surface area contributed by atoms with Crippen molar-refractivity contribution in [2.24, 2.45) is 0 Å². The van der Waals surface area contributed by atoms with Crippen molar-refractivity contribution < 1.29 is 23.9 Å². The highest BCUT2D eigenvalue weighted by atomic mass is 16.5. The molecule has 156 valence electrons. The van der Waals surface area contributed by atoms with Gasteiger partial charge in [0.1, 0.15) is 12.6 Å². The van der Waals surface area contributed by atoms with Gasteiger partial charge >= 0.3 is 6.09 Å². The van der Waals surface area contributed by atoms with Crippen molar-refractivity contribution >= 4 is 23.8 Å². The summed E-state index contributed by atoms with van der Waals surface area (Å²) in [5.41, 5.74) is 3.60. The molecule has 0 spiro atoms. The number of benzene rings is 2. The van der Waals surface area contributed by atoms with E-state index in [9.17, 15) is 19.2 Å². The van der Waals surface area contributed by atoms with E-state index in [1.54, 1.807) is 12.1 Å². The largest absolute Gasteiger partial charge is 0.445 e. The molecule has 0 unspecified atom stereocenters. The number of hydrogen-bond donors (Lipinski definition) is 2.